The van der Waals surface area contributed by atoms with E-state index in [1.807, 2.05) is 36.4 Å². The number of halogens is 1. The van der Waals surface area contributed by atoms with Crippen molar-refractivity contribution in [3.8, 4) is 0 Å². The molecule has 0 N–H and O–H groups in total. The van der Waals surface area contributed by atoms with Crippen molar-refractivity contribution in [2.24, 2.45) is 0 Å². The highest BCUT2D eigenvalue weighted by molar-refractivity contribution is 7.80. The lowest BCUT2D eigenvalue weighted by atomic mass is 10.1. The van der Waals surface area contributed by atoms with Gasteiger partial charge in [0.05, 0.1) is 0 Å². The maximum Gasteiger partial charge on any atom is 0.0484 e. The maximum absolute atomic E-state index is 5.98. The quantitative estimate of drug-likeness (QED) is 0.607. The first-order valence-corrected chi connectivity index (χ1v) is 4.47. The second kappa shape index (κ2) is 3.00. The third-order valence-electron chi connectivity index (χ3n) is 1.81. The fraction of sp³-hybridized carbons (Fsp3) is 0. The molecule has 0 aromatic heterocycles. The molecule has 0 aliphatic heterocycles. The molecule has 0 fully saturated rings. The van der Waals surface area contributed by atoms with Gasteiger partial charge in [-0.2, -0.15) is 0 Å². The molecule has 0 saturated heterocycles. The highest BCUT2D eigenvalue weighted by Crippen LogP contribution is 2.24. The van der Waals surface area contributed by atoms with Crippen molar-refractivity contribution in [2.75, 3.05) is 0 Å². The van der Waals surface area contributed by atoms with Gasteiger partial charge in [-0.15, -0.1) is 12.6 Å². The van der Waals surface area contributed by atoms with Crippen molar-refractivity contribution in [1.29, 1.82) is 0 Å². The summed E-state index contributed by atoms with van der Waals surface area (Å²) in [5.74, 6) is 0. The zero-order valence-corrected chi connectivity index (χ0v) is 7.94. The molecule has 0 nitrogen and oxygen atoms in total. The molecule has 0 unspecified atom stereocenters. The minimum absolute atomic E-state index is 0.792. The molecule has 0 bridgehead atoms. The standard InChI is InChI=1S/C10H7ClS/c11-10-3-1-2-7-6-8(12)4-5-9(7)10/h1-6,12H. The van der Waals surface area contributed by atoms with Crippen LogP contribution < -0.4 is 0 Å². The average molecular weight is 195 g/mol. The van der Waals surface area contributed by atoms with Crippen LogP contribution in [0.3, 0.4) is 0 Å². The van der Waals surface area contributed by atoms with E-state index in [-0.39, 0.29) is 0 Å². The molecule has 12 heavy (non-hydrogen) atoms. The summed E-state index contributed by atoms with van der Waals surface area (Å²) in [5, 5.41) is 3.01. The van der Waals surface area contributed by atoms with E-state index in [1.54, 1.807) is 0 Å². The first-order valence-electron chi connectivity index (χ1n) is 3.64. The summed E-state index contributed by atoms with van der Waals surface area (Å²) in [7, 11) is 0. The lowest BCUT2D eigenvalue weighted by molar-refractivity contribution is 1.53. The van der Waals surface area contributed by atoms with Crippen molar-refractivity contribution >= 4 is 35.0 Å². The lowest BCUT2D eigenvalue weighted by Crippen LogP contribution is -1.73. The fourth-order valence-corrected chi connectivity index (χ4v) is 1.69. The van der Waals surface area contributed by atoms with Gasteiger partial charge in [-0.3, -0.25) is 0 Å². The molecule has 0 aliphatic rings. The van der Waals surface area contributed by atoms with Crippen molar-refractivity contribution in [2.45, 2.75) is 4.90 Å². The SMILES string of the molecule is Sc1ccc2c(Cl)cccc2c1. The van der Waals surface area contributed by atoms with E-state index < -0.39 is 0 Å². The normalized spacial score (nSPS) is 10.5. The molecule has 0 heterocycles. The summed E-state index contributed by atoms with van der Waals surface area (Å²) in [6.07, 6.45) is 0. The Balaban J connectivity index is 2.86. The second-order valence-corrected chi connectivity index (χ2v) is 3.57. The molecule has 2 heteroatoms. The van der Waals surface area contributed by atoms with E-state index in [0.29, 0.717) is 0 Å². The number of fused-ring (bicyclic) bond motifs is 1. The Kier molecular flexibility index (Phi) is 1.99. The third kappa shape index (κ3) is 1.30. The minimum Gasteiger partial charge on any atom is -0.143 e. The summed E-state index contributed by atoms with van der Waals surface area (Å²) in [5.41, 5.74) is 0. The van der Waals surface area contributed by atoms with Gasteiger partial charge in [0.15, 0.2) is 0 Å². The van der Waals surface area contributed by atoms with Crippen LogP contribution >= 0.6 is 24.2 Å². The number of rotatable bonds is 0. The largest absolute Gasteiger partial charge is 0.143 e. The van der Waals surface area contributed by atoms with Crippen LogP contribution in [0.1, 0.15) is 0 Å². The Bertz CT molecular complexity index is 423. The van der Waals surface area contributed by atoms with Crippen molar-refractivity contribution in [3.05, 3.63) is 41.4 Å². The van der Waals surface area contributed by atoms with E-state index in [0.717, 1.165) is 20.7 Å². The molecule has 2 aromatic rings. The number of hydrogen-bond donors (Lipinski definition) is 1. The lowest BCUT2D eigenvalue weighted by Gasteiger charge is -1.99. The van der Waals surface area contributed by atoms with Gasteiger partial charge in [0.25, 0.3) is 0 Å². The summed E-state index contributed by atoms with van der Waals surface area (Å²) >= 11 is 10.2. The Labute approximate surface area is 81.6 Å². The van der Waals surface area contributed by atoms with Crippen molar-refractivity contribution < 1.29 is 0 Å². The van der Waals surface area contributed by atoms with Gasteiger partial charge >= 0.3 is 0 Å². The van der Waals surface area contributed by atoms with E-state index in [4.69, 9.17) is 11.6 Å². The van der Waals surface area contributed by atoms with Crippen LogP contribution in [0.15, 0.2) is 41.3 Å². The van der Waals surface area contributed by atoms with Gasteiger partial charge in [-0.25, -0.2) is 0 Å². The van der Waals surface area contributed by atoms with E-state index in [1.165, 1.54) is 0 Å². The molecule has 2 aromatic carbocycles. The Morgan fingerprint density at radius 1 is 1.08 bits per heavy atom. The third-order valence-corrected chi connectivity index (χ3v) is 2.42. The molecule has 60 valence electrons. The molecule has 0 aliphatic carbocycles. The number of hydrogen-bond acceptors (Lipinski definition) is 1. The van der Waals surface area contributed by atoms with Crippen LogP contribution in [0.25, 0.3) is 10.8 Å². The summed E-state index contributed by atoms with van der Waals surface area (Å²) in [6, 6.07) is 11.8. The van der Waals surface area contributed by atoms with Gasteiger partial charge in [0, 0.05) is 15.3 Å². The molecule has 0 spiro atoms. The van der Waals surface area contributed by atoms with Gasteiger partial charge in [0.2, 0.25) is 0 Å². The summed E-state index contributed by atoms with van der Waals surface area (Å²) < 4.78 is 0. The van der Waals surface area contributed by atoms with Gasteiger partial charge in [0.1, 0.15) is 0 Å². The van der Waals surface area contributed by atoms with Crippen molar-refractivity contribution in [1.82, 2.24) is 0 Å². The van der Waals surface area contributed by atoms with Gasteiger partial charge in [-0.05, 0) is 23.6 Å². The zero-order chi connectivity index (χ0) is 8.55. The monoisotopic (exact) mass is 194 g/mol. The van der Waals surface area contributed by atoms with Gasteiger partial charge in [-0.1, -0.05) is 29.8 Å². The van der Waals surface area contributed by atoms with Crippen LogP contribution in [-0.4, -0.2) is 0 Å². The van der Waals surface area contributed by atoms with Crippen LogP contribution in [0.4, 0.5) is 0 Å². The fourth-order valence-electron chi connectivity index (χ4n) is 1.23. The van der Waals surface area contributed by atoms with E-state index in [9.17, 15) is 0 Å². The number of thiol groups is 1. The predicted molar refractivity (Wildman–Crippen MR) is 56.2 cm³/mol. The molecular formula is C10H7ClS. The highest BCUT2D eigenvalue weighted by Gasteiger charge is 1.96. The smallest absolute Gasteiger partial charge is 0.0484 e. The molecule has 0 atom stereocenters. The first kappa shape index (κ1) is 7.96. The second-order valence-electron chi connectivity index (χ2n) is 2.65. The van der Waals surface area contributed by atoms with Crippen LogP contribution in [0.5, 0.6) is 0 Å². The maximum atomic E-state index is 5.98. The first-order chi connectivity index (χ1) is 5.77. The Morgan fingerprint density at radius 2 is 1.92 bits per heavy atom. The van der Waals surface area contributed by atoms with E-state index >= 15 is 0 Å². The molecule has 0 amide bonds. The zero-order valence-electron chi connectivity index (χ0n) is 6.29. The summed E-state index contributed by atoms with van der Waals surface area (Å²) in [4.78, 5) is 0.963. The number of benzene rings is 2. The Hall–Kier alpha value is -0.660. The average Bonchev–Trinajstić information content (AvgIpc) is 2.04. The van der Waals surface area contributed by atoms with Crippen LogP contribution in [0, 0.1) is 0 Å². The Morgan fingerprint density at radius 3 is 2.75 bits per heavy atom. The molecular weight excluding hydrogens is 188 g/mol. The molecule has 2 rings (SSSR count). The minimum atomic E-state index is 0.792. The highest BCUT2D eigenvalue weighted by atomic mass is 35.5. The summed E-state index contributed by atoms with van der Waals surface area (Å²) in [6.45, 7) is 0. The van der Waals surface area contributed by atoms with Gasteiger partial charge < -0.3 is 0 Å². The van der Waals surface area contributed by atoms with Crippen molar-refractivity contribution in [3.63, 3.8) is 0 Å². The topological polar surface area (TPSA) is 0 Å². The predicted octanol–water partition coefficient (Wildman–Crippen LogP) is 3.78. The van der Waals surface area contributed by atoms with Crippen LogP contribution in [-0.2, 0) is 0 Å². The molecule has 0 saturated carbocycles. The molecule has 0 radical (unpaired) electrons. The van der Waals surface area contributed by atoms with Crippen LogP contribution in [0.2, 0.25) is 5.02 Å². The van der Waals surface area contributed by atoms with E-state index in [2.05, 4.69) is 12.6 Å².